The van der Waals surface area contributed by atoms with E-state index in [0.717, 1.165) is 0 Å². The minimum absolute atomic E-state index is 0.0666. The van der Waals surface area contributed by atoms with Crippen molar-refractivity contribution in [1.29, 1.82) is 0 Å². The number of nitrogens with zero attached hydrogens (tertiary/aromatic N) is 2. The summed E-state index contributed by atoms with van der Waals surface area (Å²) in [7, 11) is 0. The first kappa shape index (κ1) is 15.7. The van der Waals surface area contributed by atoms with Crippen LogP contribution in [0.1, 0.15) is 20.3 Å². The van der Waals surface area contributed by atoms with Gasteiger partial charge in [0.05, 0.1) is 31.8 Å². The summed E-state index contributed by atoms with van der Waals surface area (Å²) >= 11 is 0. The van der Waals surface area contributed by atoms with Crippen LogP contribution in [0.4, 0.5) is 4.79 Å². The molecule has 0 radical (unpaired) electrons. The molecule has 1 aliphatic rings. The van der Waals surface area contributed by atoms with Crippen LogP contribution in [0.25, 0.3) is 0 Å². The van der Waals surface area contributed by atoms with E-state index in [1.54, 1.807) is 4.90 Å². The zero-order chi connectivity index (χ0) is 14.4. The third-order valence-electron chi connectivity index (χ3n) is 3.05. The van der Waals surface area contributed by atoms with Gasteiger partial charge in [-0.1, -0.05) is 0 Å². The first-order valence-electron chi connectivity index (χ1n) is 6.49. The largest absolute Gasteiger partial charge is 0.481 e. The van der Waals surface area contributed by atoms with Crippen LogP contribution in [0.15, 0.2) is 0 Å². The Morgan fingerprint density at radius 3 is 2.63 bits per heavy atom. The number of aliphatic hydroxyl groups excluding tert-OH is 1. The summed E-state index contributed by atoms with van der Waals surface area (Å²) in [4.78, 5) is 25.9. The third-order valence-corrected chi connectivity index (χ3v) is 3.05. The molecule has 0 bridgehead atoms. The van der Waals surface area contributed by atoms with Crippen molar-refractivity contribution >= 4 is 12.0 Å². The lowest BCUT2D eigenvalue weighted by Crippen LogP contribution is -2.54. The van der Waals surface area contributed by atoms with Crippen molar-refractivity contribution in [1.82, 2.24) is 9.80 Å². The van der Waals surface area contributed by atoms with E-state index in [-0.39, 0.29) is 37.8 Å². The molecule has 1 saturated heterocycles. The molecule has 0 aromatic carbocycles. The van der Waals surface area contributed by atoms with E-state index in [0.29, 0.717) is 19.6 Å². The average molecular weight is 274 g/mol. The number of carboxylic acids is 1. The summed E-state index contributed by atoms with van der Waals surface area (Å²) in [6.45, 7) is 4.97. The Balaban J connectivity index is 2.60. The van der Waals surface area contributed by atoms with Gasteiger partial charge in [0, 0.05) is 19.6 Å². The predicted octanol–water partition coefficient (Wildman–Crippen LogP) is -0.0154. The fraction of sp³-hybridized carbons (Fsp3) is 0.833. The van der Waals surface area contributed by atoms with E-state index >= 15 is 0 Å². The number of rotatable bonds is 5. The van der Waals surface area contributed by atoms with Crippen LogP contribution < -0.4 is 0 Å². The van der Waals surface area contributed by atoms with Gasteiger partial charge in [-0.05, 0) is 13.8 Å². The Morgan fingerprint density at radius 2 is 2.11 bits per heavy atom. The predicted molar refractivity (Wildman–Crippen MR) is 67.9 cm³/mol. The van der Waals surface area contributed by atoms with E-state index < -0.39 is 5.97 Å². The number of carbonyl (C=O) groups excluding carboxylic acids is 1. The van der Waals surface area contributed by atoms with Crippen molar-refractivity contribution in [3.8, 4) is 0 Å². The Bertz CT molecular complexity index is 323. The van der Waals surface area contributed by atoms with Gasteiger partial charge in [0.2, 0.25) is 0 Å². The number of hydrogen-bond donors (Lipinski definition) is 2. The monoisotopic (exact) mass is 274 g/mol. The fourth-order valence-corrected chi connectivity index (χ4v) is 2.12. The Morgan fingerprint density at radius 1 is 1.42 bits per heavy atom. The molecule has 2 unspecified atom stereocenters. The van der Waals surface area contributed by atoms with Gasteiger partial charge in [0.1, 0.15) is 0 Å². The molecule has 110 valence electrons. The van der Waals surface area contributed by atoms with Gasteiger partial charge in [-0.2, -0.15) is 0 Å². The summed E-state index contributed by atoms with van der Waals surface area (Å²) in [5.41, 5.74) is 0. The van der Waals surface area contributed by atoms with Crippen molar-refractivity contribution in [3.05, 3.63) is 0 Å². The molecule has 0 aliphatic carbocycles. The van der Waals surface area contributed by atoms with Crippen LogP contribution in [0.2, 0.25) is 0 Å². The van der Waals surface area contributed by atoms with Crippen molar-refractivity contribution in [3.63, 3.8) is 0 Å². The number of carboxylic acid groups (broad SMARTS) is 1. The molecule has 1 fully saturated rings. The molecular formula is C12H22N2O5. The summed E-state index contributed by atoms with van der Waals surface area (Å²) in [6.07, 6.45) is -0.568. The molecule has 0 aromatic rings. The standard InChI is InChI=1S/C12H22N2O5/c1-3-13(5-4-11(16)17)12(18)14-6-9(2)19-10(7-14)8-15/h9-10,15H,3-8H2,1-2H3,(H,16,17). The molecule has 0 aromatic heterocycles. The number of amides is 2. The number of aliphatic hydroxyl groups is 1. The van der Waals surface area contributed by atoms with Gasteiger partial charge in [-0.15, -0.1) is 0 Å². The van der Waals surface area contributed by atoms with E-state index in [2.05, 4.69) is 0 Å². The zero-order valence-corrected chi connectivity index (χ0v) is 11.4. The van der Waals surface area contributed by atoms with Gasteiger partial charge in [-0.3, -0.25) is 4.79 Å². The highest BCUT2D eigenvalue weighted by Gasteiger charge is 2.30. The third kappa shape index (κ3) is 4.68. The van der Waals surface area contributed by atoms with E-state index in [1.807, 2.05) is 13.8 Å². The van der Waals surface area contributed by atoms with Crippen LogP contribution in [0.5, 0.6) is 0 Å². The summed E-state index contributed by atoms with van der Waals surface area (Å²) < 4.78 is 5.47. The lowest BCUT2D eigenvalue weighted by atomic mass is 10.2. The topological polar surface area (TPSA) is 90.3 Å². The minimum atomic E-state index is -0.921. The number of aliphatic carboxylic acids is 1. The molecule has 1 heterocycles. The lowest BCUT2D eigenvalue weighted by Gasteiger charge is -2.38. The summed E-state index contributed by atoms with van der Waals surface area (Å²) in [5.74, 6) is -0.921. The molecule has 19 heavy (non-hydrogen) atoms. The Hall–Kier alpha value is -1.34. The van der Waals surface area contributed by atoms with E-state index in [4.69, 9.17) is 14.9 Å². The molecule has 1 rings (SSSR count). The fourth-order valence-electron chi connectivity index (χ4n) is 2.12. The highest BCUT2D eigenvalue weighted by atomic mass is 16.5. The smallest absolute Gasteiger partial charge is 0.320 e. The Kier molecular flexibility index (Phi) is 6.04. The second kappa shape index (κ2) is 7.30. The van der Waals surface area contributed by atoms with Crippen LogP contribution in [0, 0.1) is 0 Å². The van der Waals surface area contributed by atoms with Crippen LogP contribution in [-0.4, -0.2) is 77.0 Å². The molecule has 2 atom stereocenters. The van der Waals surface area contributed by atoms with Crippen molar-refractivity contribution in [2.75, 3.05) is 32.8 Å². The maximum Gasteiger partial charge on any atom is 0.320 e. The molecule has 1 aliphatic heterocycles. The summed E-state index contributed by atoms with van der Waals surface area (Å²) in [6, 6.07) is -0.197. The van der Waals surface area contributed by atoms with Crippen LogP contribution >= 0.6 is 0 Å². The molecule has 7 heteroatoms. The SMILES string of the molecule is CCN(CCC(=O)O)C(=O)N1CC(C)OC(CO)C1. The maximum atomic E-state index is 12.3. The summed E-state index contributed by atoms with van der Waals surface area (Å²) in [5, 5.41) is 17.8. The van der Waals surface area contributed by atoms with E-state index in [9.17, 15) is 9.59 Å². The van der Waals surface area contributed by atoms with Crippen molar-refractivity contribution in [2.45, 2.75) is 32.5 Å². The molecule has 2 amide bonds. The van der Waals surface area contributed by atoms with Gasteiger partial charge < -0.3 is 24.7 Å². The first-order chi connectivity index (χ1) is 8.97. The number of urea groups is 1. The van der Waals surface area contributed by atoms with E-state index in [1.165, 1.54) is 4.90 Å². The van der Waals surface area contributed by atoms with Gasteiger partial charge in [0.25, 0.3) is 0 Å². The first-order valence-corrected chi connectivity index (χ1v) is 6.49. The minimum Gasteiger partial charge on any atom is -0.481 e. The van der Waals surface area contributed by atoms with Crippen molar-refractivity contribution in [2.24, 2.45) is 0 Å². The second-order valence-corrected chi connectivity index (χ2v) is 4.66. The molecule has 7 nitrogen and oxygen atoms in total. The number of hydrogen-bond acceptors (Lipinski definition) is 4. The molecular weight excluding hydrogens is 252 g/mol. The second-order valence-electron chi connectivity index (χ2n) is 4.66. The van der Waals surface area contributed by atoms with Gasteiger partial charge >= 0.3 is 12.0 Å². The molecule has 2 N–H and O–H groups in total. The number of morpholine rings is 1. The molecule has 0 spiro atoms. The van der Waals surface area contributed by atoms with Crippen LogP contribution in [-0.2, 0) is 9.53 Å². The quantitative estimate of drug-likeness (QED) is 0.735. The maximum absolute atomic E-state index is 12.3. The number of carbonyl (C=O) groups is 2. The number of ether oxygens (including phenoxy) is 1. The van der Waals surface area contributed by atoms with Crippen LogP contribution in [0.3, 0.4) is 0 Å². The normalized spacial score (nSPS) is 23.2. The average Bonchev–Trinajstić information content (AvgIpc) is 2.38. The zero-order valence-electron chi connectivity index (χ0n) is 11.4. The highest BCUT2D eigenvalue weighted by Crippen LogP contribution is 2.13. The highest BCUT2D eigenvalue weighted by molar-refractivity contribution is 5.75. The van der Waals surface area contributed by atoms with Crippen molar-refractivity contribution < 1.29 is 24.5 Å². The lowest BCUT2D eigenvalue weighted by molar-refractivity contribution is -0.137. The van der Waals surface area contributed by atoms with Gasteiger partial charge in [-0.25, -0.2) is 4.79 Å². The molecule has 0 saturated carbocycles. The van der Waals surface area contributed by atoms with Gasteiger partial charge in [0.15, 0.2) is 0 Å². The Labute approximate surface area is 112 Å².